The molecule has 16 heavy (non-hydrogen) atoms. The van der Waals surface area contributed by atoms with Crippen LogP contribution in [0.2, 0.25) is 0 Å². The predicted molar refractivity (Wildman–Crippen MR) is 69.4 cm³/mol. The molecule has 1 heteroatoms. The molecule has 80 valence electrons. The highest BCUT2D eigenvalue weighted by Crippen LogP contribution is 2.23. The fourth-order valence-corrected chi connectivity index (χ4v) is 2.27. The number of hydrogen-bond donors (Lipinski definition) is 1. The average molecular weight is 209 g/mol. The smallest absolute Gasteiger partial charge is 0.0140 e. The lowest BCUT2D eigenvalue weighted by atomic mass is 9.97. The van der Waals surface area contributed by atoms with Crippen molar-refractivity contribution in [1.29, 1.82) is 0 Å². The molecular weight excluding hydrogens is 194 g/mol. The summed E-state index contributed by atoms with van der Waals surface area (Å²) < 4.78 is 0. The van der Waals surface area contributed by atoms with E-state index in [0.717, 1.165) is 19.5 Å². The van der Waals surface area contributed by atoms with Crippen molar-refractivity contribution in [3.63, 3.8) is 0 Å². The van der Waals surface area contributed by atoms with E-state index >= 15 is 0 Å². The van der Waals surface area contributed by atoms with Crippen molar-refractivity contribution in [3.8, 4) is 0 Å². The maximum absolute atomic E-state index is 3.35. The summed E-state index contributed by atoms with van der Waals surface area (Å²) in [5, 5.41) is 6.00. The monoisotopic (exact) mass is 209 g/mol. The van der Waals surface area contributed by atoms with Gasteiger partial charge < -0.3 is 5.32 Å². The lowest BCUT2D eigenvalue weighted by Gasteiger charge is -2.14. The third-order valence-corrected chi connectivity index (χ3v) is 3.18. The van der Waals surface area contributed by atoms with E-state index in [4.69, 9.17) is 0 Å². The minimum Gasteiger partial charge on any atom is -0.313 e. The van der Waals surface area contributed by atoms with Crippen LogP contribution >= 0.6 is 0 Å². The molecule has 3 rings (SSSR count). The molecule has 0 amide bonds. The highest BCUT2D eigenvalue weighted by molar-refractivity contribution is 5.86. The Morgan fingerprint density at radius 3 is 2.62 bits per heavy atom. The van der Waals surface area contributed by atoms with E-state index in [0.29, 0.717) is 0 Å². The summed E-state index contributed by atoms with van der Waals surface area (Å²) in [5.74, 6) is 0. The van der Waals surface area contributed by atoms with E-state index in [-0.39, 0.29) is 0 Å². The van der Waals surface area contributed by atoms with Crippen LogP contribution in [0.15, 0.2) is 48.5 Å². The second-order valence-corrected chi connectivity index (χ2v) is 4.25. The molecule has 0 unspecified atom stereocenters. The zero-order chi connectivity index (χ0) is 10.8. The summed E-state index contributed by atoms with van der Waals surface area (Å²) in [6, 6.07) is 15.3. The molecule has 0 radical (unpaired) electrons. The van der Waals surface area contributed by atoms with E-state index in [1.165, 1.54) is 21.9 Å². The first-order valence-corrected chi connectivity index (χ1v) is 5.82. The first-order valence-electron chi connectivity index (χ1n) is 5.82. The molecule has 2 aromatic rings. The number of rotatable bonds is 1. The molecule has 0 spiro atoms. The second kappa shape index (κ2) is 4.11. The molecule has 2 aromatic carbocycles. The summed E-state index contributed by atoms with van der Waals surface area (Å²) >= 11 is 0. The summed E-state index contributed by atoms with van der Waals surface area (Å²) in [6.45, 7) is 2.10. The fraction of sp³-hybridized carbons (Fsp3) is 0.200. The number of benzene rings is 2. The van der Waals surface area contributed by atoms with Crippen LogP contribution in [0.4, 0.5) is 0 Å². The van der Waals surface area contributed by atoms with Gasteiger partial charge in [0.15, 0.2) is 0 Å². The molecule has 0 saturated carbocycles. The molecule has 1 N–H and O–H groups in total. The summed E-state index contributed by atoms with van der Waals surface area (Å²) in [4.78, 5) is 0. The van der Waals surface area contributed by atoms with Crippen molar-refractivity contribution in [1.82, 2.24) is 5.32 Å². The third kappa shape index (κ3) is 1.74. The first kappa shape index (κ1) is 9.61. The largest absolute Gasteiger partial charge is 0.313 e. The van der Waals surface area contributed by atoms with Crippen LogP contribution in [0.25, 0.3) is 16.3 Å². The topological polar surface area (TPSA) is 12.0 Å². The van der Waals surface area contributed by atoms with Gasteiger partial charge in [0.05, 0.1) is 0 Å². The van der Waals surface area contributed by atoms with Gasteiger partial charge in [0, 0.05) is 6.54 Å². The number of fused-ring (bicyclic) bond motifs is 1. The predicted octanol–water partition coefficient (Wildman–Crippen LogP) is 3.22. The zero-order valence-corrected chi connectivity index (χ0v) is 9.24. The molecule has 0 bridgehead atoms. The molecule has 0 fully saturated rings. The minimum atomic E-state index is 1.00. The highest BCUT2D eigenvalue weighted by Gasteiger charge is 2.05. The molecule has 0 aromatic heterocycles. The standard InChI is InChI=1S/C15H15N/c1-2-4-14-11-15(6-5-12(14)3-1)13-7-9-16-10-8-13/h1-7,11,16H,8-10H2. The highest BCUT2D eigenvalue weighted by atomic mass is 14.8. The van der Waals surface area contributed by atoms with Crippen LogP contribution in [-0.2, 0) is 0 Å². The van der Waals surface area contributed by atoms with Crippen molar-refractivity contribution in [2.75, 3.05) is 13.1 Å². The van der Waals surface area contributed by atoms with Gasteiger partial charge in [0.25, 0.3) is 0 Å². The minimum absolute atomic E-state index is 1.00. The molecule has 1 heterocycles. The molecule has 1 aliphatic rings. The molecule has 1 aliphatic heterocycles. The van der Waals surface area contributed by atoms with Gasteiger partial charge >= 0.3 is 0 Å². The summed E-state index contributed by atoms with van der Waals surface area (Å²) in [7, 11) is 0. The first-order chi connectivity index (χ1) is 7.93. The average Bonchev–Trinajstić information content (AvgIpc) is 2.39. The van der Waals surface area contributed by atoms with E-state index < -0.39 is 0 Å². The Bertz CT molecular complexity index is 540. The van der Waals surface area contributed by atoms with Gasteiger partial charge in [-0.3, -0.25) is 0 Å². The van der Waals surface area contributed by atoms with Gasteiger partial charge in [-0.25, -0.2) is 0 Å². The van der Waals surface area contributed by atoms with Crippen LogP contribution in [0, 0.1) is 0 Å². The van der Waals surface area contributed by atoms with Crippen LogP contribution in [0.1, 0.15) is 12.0 Å². The molecule has 0 atom stereocenters. The Morgan fingerprint density at radius 2 is 1.81 bits per heavy atom. The van der Waals surface area contributed by atoms with Gasteiger partial charge in [-0.05, 0) is 40.9 Å². The molecule has 0 saturated heterocycles. The van der Waals surface area contributed by atoms with Gasteiger partial charge in [-0.1, -0.05) is 42.5 Å². The van der Waals surface area contributed by atoms with Crippen molar-refractivity contribution in [3.05, 3.63) is 54.1 Å². The van der Waals surface area contributed by atoms with E-state index in [1.54, 1.807) is 0 Å². The maximum atomic E-state index is 3.35. The fourth-order valence-electron chi connectivity index (χ4n) is 2.27. The van der Waals surface area contributed by atoms with Crippen molar-refractivity contribution < 1.29 is 0 Å². The summed E-state index contributed by atoms with van der Waals surface area (Å²) in [6.07, 6.45) is 3.44. The molecule has 0 aliphatic carbocycles. The van der Waals surface area contributed by atoms with E-state index in [2.05, 4.69) is 53.9 Å². The second-order valence-electron chi connectivity index (χ2n) is 4.25. The van der Waals surface area contributed by atoms with Crippen LogP contribution in [0.3, 0.4) is 0 Å². The Balaban J connectivity index is 2.07. The van der Waals surface area contributed by atoms with Gasteiger partial charge in [-0.2, -0.15) is 0 Å². The van der Waals surface area contributed by atoms with Gasteiger partial charge in [-0.15, -0.1) is 0 Å². The van der Waals surface area contributed by atoms with Crippen molar-refractivity contribution in [2.24, 2.45) is 0 Å². The maximum Gasteiger partial charge on any atom is 0.0140 e. The lowest BCUT2D eigenvalue weighted by Crippen LogP contribution is -2.19. The van der Waals surface area contributed by atoms with Crippen LogP contribution in [0.5, 0.6) is 0 Å². The van der Waals surface area contributed by atoms with Gasteiger partial charge in [0.2, 0.25) is 0 Å². The van der Waals surface area contributed by atoms with Gasteiger partial charge in [0.1, 0.15) is 0 Å². The molecule has 1 nitrogen and oxygen atoms in total. The van der Waals surface area contributed by atoms with E-state index in [9.17, 15) is 0 Å². The number of nitrogens with one attached hydrogen (secondary N) is 1. The number of hydrogen-bond acceptors (Lipinski definition) is 1. The van der Waals surface area contributed by atoms with Crippen molar-refractivity contribution >= 4 is 16.3 Å². The SMILES string of the molecule is C1=C(c2ccc3ccccc3c2)CCNC1. The lowest BCUT2D eigenvalue weighted by molar-refractivity contribution is 0.739. The quantitative estimate of drug-likeness (QED) is 0.760. The zero-order valence-electron chi connectivity index (χ0n) is 9.24. The summed E-state index contributed by atoms with van der Waals surface area (Å²) in [5.41, 5.74) is 2.85. The van der Waals surface area contributed by atoms with Crippen LogP contribution in [-0.4, -0.2) is 13.1 Å². The Kier molecular flexibility index (Phi) is 2.47. The van der Waals surface area contributed by atoms with Crippen LogP contribution < -0.4 is 5.32 Å². The third-order valence-electron chi connectivity index (χ3n) is 3.18. The van der Waals surface area contributed by atoms with E-state index in [1.807, 2.05) is 0 Å². The molecular formula is C15H15N. The van der Waals surface area contributed by atoms with Crippen molar-refractivity contribution in [2.45, 2.75) is 6.42 Å². The Labute approximate surface area is 95.8 Å². The normalized spacial score (nSPS) is 16.1. The Morgan fingerprint density at radius 1 is 0.938 bits per heavy atom. The Hall–Kier alpha value is -1.60.